The lowest BCUT2D eigenvalue weighted by Gasteiger charge is -2.11. The van der Waals surface area contributed by atoms with Gasteiger partial charge in [-0.3, -0.25) is 0 Å². The van der Waals surface area contributed by atoms with Crippen molar-refractivity contribution in [3.63, 3.8) is 0 Å². The van der Waals surface area contributed by atoms with Crippen LogP contribution >= 0.6 is 0 Å². The van der Waals surface area contributed by atoms with Gasteiger partial charge in [0, 0.05) is 12.1 Å². The minimum atomic E-state index is -0.461. The zero-order valence-electron chi connectivity index (χ0n) is 17.6. The summed E-state index contributed by atoms with van der Waals surface area (Å²) in [6, 6.07) is 18.9. The molecule has 6 heteroatoms. The monoisotopic (exact) mass is 428 g/mol. The van der Waals surface area contributed by atoms with Gasteiger partial charge in [-0.25, -0.2) is 4.79 Å². The predicted octanol–water partition coefficient (Wildman–Crippen LogP) is 4.98. The average molecular weight is 428 g/mol. The SMILES string of the molecule is COc1cc(OC)c2c(c1)OC(=O)/C2=C(/C=C/c1ccccc1)c1ccc2c(c1)OCO2. The number of benzene rings is 3. The van der Waals surface area contributed by atoms with E-state index in [0.29, 0.717) is 45.5 Å². The van der Waals surface area contributed by atoms with Gasteiger partial charge in [0.05, 0.1) is 25.4 Å². The van der Waals surface area contributed by atoms with Gasteiger partial charge in [-0.05, 0) is 28.8 Å². The second-order valence-corrected chi connectivity index (χ2v) is 7.19. The van der Waals surface area contributed by atoms with Crippen LogP contribution < -0.4 is 23.7 Å². The molecule has 3 aromatic carbocycles. The van der Waals surface area contributed by atoms with E-state index in [1.807, 2.05) is 60.7 Å². The molecule has 0 amide bonds. The summed E-state index contributed by atoms with van der Waals surface area (Å²) in [6.45, 7) is 0.170. The van der Waals surface area contributed by atoms with Crippen molar-refractivity contribution >= 4 is 23.2 Å². The first-order valence-electron chi connectivity index (χ1n) is 10.0. The zero-order chi connectivity index (χ0) is 22.1. The second kappa shape index (κ2) is 8.15. The van der Waals surface area contributed by atoms with Crippen LogP contribution in [0.5, 0.6) is 28.7 Å². The fourth-order valence-electron chi connectivity index (χ4n) is 3.80. The Labute approximate surface area is 185 Å². The lowest BCUT2D eigenvalue weighted by Crippen LogP contribution is -2.03. The van der Waals surface area contributed by atoms with E-state index in [4.69, 9.17) is 23.7 Å². The van der Waals surface area contributed by atoms with Crippen LogP contribution in [0.4, 0.5) is 0 Å². The quantitative estimate of drug-likeness (QED) is 0.325. The lowest BCUT2D eigenvalue weighted by molar-refractivity contribution is -0.126. The standard InChI is InChI=1S/C26H20O6/c1-28-18-13-22(29-2)25-23(14-18)32-26(27)24(25)19(10-8-16-6-4-3-5-7-16)17-9-11-20-21(12-17)31-15-30-20/h3-14H,15H2,1-2H3/b10-8+,24-19-. The van der Waals surface area contributed by atoms with Crippen LogP contribution in [0.2, 0.25) is 0 Å². The minimum absolute atomic E-state index is 0.170. The van der Waals surface area contributed by atoms with E-state index in [0.717, 1.165) is 11.1 Å². The molecule has 0 saturated heterocycles. The number of carbonyl (C=O) groups is 1. The highest BCUT2D eigenvalue weighted by Gasteiger charge is 2.34. The van der Waals surface area contributed by atoms with Gasteiger partial charge in [0.1, 0.15) is 17.2 Å². The largest absolute Gasteiger partial charge is 0.496 e. The summed E-state index contributed by atoms with van der Waals surface area (Å²) >= 11 is 0. The molecule has 160 valence electrons. The van der Waals surface area contributed by atoms with Gasteiger partial charge >= 0.3 is 5.97 Å². The van der Waals surface area contributed by atoms with Crippen LogP contribution in [0.3, 0.4) is 0 Å². The van der Waals surface area contributed by atoms with Crippen molar-refractivity contribution in [2.24, 2.45) is 0 Å². The summed E-state index contributed by atoms with van der Waals surface area (Å²) in [5.74, 6) is 2.26. The fourth-order valence-corrected chi connectivity index (χ4v) is 3.80. The highest BCUT2D eigenvalue weighted by molar-refractivity contribution is 6.30. The van der Waals surface area contributed by atoms with Crippen LogP contribution in [0.1, 0.15) is 16.7 Å². The highest BCUT2D eigenvalue weighted by Crippen LogP contribution is 2.47. The van der Waals surface area contributed by atoms with Gasteiger partial charge in [0.15, 0.2) is 11.5 Å². The molecule has 3 aromatic rings. The summed E-state index contributed by atoms with van der Waals surface area (Å²) in [7, 11) is 3.10. The first-order valence-corrected chi connectivity index (χ1v) is 10.0. The van der Waals surface area contributed by atoms with Crippen LogP contribution in [0, 0.1) is 0 Å². The summed E-state index contributed by atoms with van der Waals surface area (Å²) in [6.07, 6.45) is 3.86. The van der Waals surface area contributed by atoms with E-state index >= 15 is 0 Å². The van der Waals surface area contributed by atoms with E-state index in [1.54, 1.807) is 26.4 Å². The van der Waals surface area contributed by atoms with Crippen molar-refractivity contribution < 1.29 is 28.5 Å². The first-order chi connectivity index (χ1) is 15.7. The molecule has 32 heavy (non-hydrogen) atoms. The van der Waals surface area contributed by atoms with Crippen molar-refractivity contribution in [2.75, 3.05) is 21.0 Å². The van der Waals surface area contributed by atoms with E-state index in [2.05, 4.69) is 0 Å². The molecule has 0 N–H and O–H groups in total. The molecule has 2 aliphatic rings. The number of esters is 1. The third-order valence-electron chi connectivity index (χ3n) is 5.35. The van der Waals surface area contributed by atoms with E-state index in [1.165, 1.54) is 0 Å². The van der Waals surface area contributed by atoms with Crippen LogP contribution in [0.25, 0.3) is 17.2 Å². The molecule has 0 fully saturated rings. The van der Waals surface area contributed by atoms with Crippen LogP contribution in [0.15, 0.2) is 66.7 Å². The molecule has 0 bridgehead atoms. The number of carbonyl (C=O) groups excluding carboxylic acids is 1. The van der Waals surface area contributed by atoms with E-state index in [-0.39, 0.29) is 6.79 Å². The average Bonchev–Trinajstić information content (AvgIpc) is 3.43. The van der Waals surface area contributed by atoms with Gasteiger partial charge in [-0.2, -0.15) is 0 Å². The van der Waals surface area contributed by atoms with Gasteiger partial charge in [-0.1, -0.05) is 48.6 Å². The fraction of sp³-hybridized carbons (Fsp3) is 0.115. The molecule has 0 unspecified atom stereocenters. The molecule has 5 rings (SSSR count). The first kappa shape index (κ1) is 19.8. The number of hydrogen-bond acceptors (Lipinski definition) is 6. The Morgan fingerprint density at radius 3 is 2.50 bits per heavy atom. The molecule has 0 aliphatic carbocycles. The highest BCUT2D eigenvalue weighted by atomic mass is 16.7. The van der Waals surface area contributed by atoms with Gasteiger partial charge in [-0.15, -0.1) is 0 Å². The number of methoxy groups -OCH3 is 2. The predicted molar refractivity (Wildman–Crippen MR) is 120 cm³/mol. The maximum atomic E-state index is 13.1. The van der Waals surface area contributed by atoms with Gasteiger partial charge in [0.2, 0.25) is 6.79 Å². The van der Waals surface area contributed by atoms with Crippen molar-refractivity contribution in [2.45, 2.75) is 0 Å². The topological polar surface area (TPSA) is 63.2 Å². The third kappa shape index (κ3) is 3.46. The number of fused-ring (bicyclic) bond motifs is 2. The molecule has 2 heterocycles. The van der Waals surface area contributed by atoms with Crippen molar-refractivity contribution in [1.29, 1.82) is 0 Å². The van der Waals surface area contributed by atoms with E-state index < -0.39 is 5.97 Å². The van der Waals surface area contributed by atoms with Crippen LogP contribution in [-0.4, -0.2) is 27.0 Å². The minimum Gasteiger partial charge on any atom is -0.496 e. The smallest absolute Gasteiger partial charge is 0.345 e. The van der Waals surface area contributed by atoms with Crippen LogP contribution in [-0.2, 0) is 4.79 Å². The Bertz CT molecular complexity index is 1260. The Kier molecular flexibility index (Phi) is 5.03. The zero-order valence-corrected chi connectivity index (χ0v) is 17.6. The molecular weight excluding hydrogens is 408 g/mol. The normalized spacial score (nSPS) is 15.5. The molecule has 6 nitrogen and oxygen atoms in total. The third-order valence-corrected chi connectivity index (χ3v) is 5.35. The molecule has 0 radical (unpaired) electrons. The van der Waals surface area contributed by atoms with Gasteiger partial charge < -0.3 is 23.7 Å². The number of rotatable bonds is 5. The molecule has 0 aromatic heterocycles. The maximum absolute atomic E-state index is 13.1. The molecule has 2 aliphatic heterocycles. The lowest BCUT2D eigenvalue weighted by atomic mass is 9.93. The van der Waals surface area contributed by atoms with Crippen molar-refractivity contribution in [3.05, 3.63) is 83.4 Å². The Morgan fingerprint density at radius 1 is 0.906 bits per heavy atom. The maximum Gasteiger partial charge on any atom is 0.345 e. The number of ether oxygens (including phenoxy) is 5. The summed E-state index contributed by atoms with van der Waals surface area (Å²) in [5.41, 5.74) is 3.47. The Morgan fingerprint density at radius 2 is 1.72 bits per heavy atom. The number of allylic oxidation sites excluding steroid dienone is 2. The summed E-state index contributed by atoms with van der Waals surface area (Å²) in [5, 5.41) is 0. The molecule has 0 spiro atoms. The number of hydrogen-bond donors (Lipinski definition) is 0. The Hall–Kier alpha value is -4.19. The Balaban J connectivity index is 1.74. The van der Waals surface area contributed by atoms with Crippen molar-refractivity contribution in [1.82, 2.24) is 0 Å². The van der Waals surface area contributed by atoms with Crippen molar-refractivity contribution in [3.8, 4) is 28.7 Å². The molecule has 0 saturated carbocycles. The summed E-state index contributed by atoms with van der Waals surface area (Å²) in [4.78, 5) is 13.1. The van der Waals surface area contributed by atoms with Gasteiger partial charge in [0.25, 0.3) is 0 Å². The molecular formula is C26H20O6. The summed E-state index contributed by atoms with van der Waals surface area (Å²) < 4.78 is 27.5. The molecule has 0 atom stereocenters. The second-order valence-electron chi connectivity index (χ2n) is 7.19. The van der Waals surface area contributed by atoms with E-state index in [9.17, 15) is 4.79 Å².